The molecule has 5 aromatic rings. The molecule has 0 radical (unpaired) electrons. The van der Waals surface area contributed by atoms with Crippen LogP contribution in [0.4, 0.5) is 10.2 Å². The van der Waals surface area contributed by atoms with E-state index in [4.69, 9.17) is 9.84 Å². The summed E-state index contributed by atoms with van der Waals surface area (Å²) in [6.45, 7) is 0.0407. The van der Waals surface area contributed by atoms with E-state index in [-0.39, 0.29) is 35.9 Å². The van der Waals surface area contributed by atoms with Gasteiger partial charge in [-0.15, -0.1) is 11.8 Å². The molecule has 1 atom stereocenters. The number of benzene rings is 3. The van der Waals surface area contributed by atoms with Crippen LogP contribution >= 0.6 is 11.8 Å². The molecule has 0 bridgehead atoms. The molecule has 1 aliphatic heterocycles. The van der Waals surface area contributed by atoms with Crippen molar-refractivity contribution in [3.63, 3.8) is 0 Å². The van der Waals surface area contributed by atoms with Gasteiger partial charge in [-0.25, -0.2) is 9.07 Å². The largest absolute Gasteiger partial charge is 0.496 e. The van der Waals surface area contributed by atoms with Crippen molar-refractivity contribution in [1.82, 2.24) is 20.1 Å². The van der Waals surface area contributed by atoms with Gasteiger partial charge < -0.3 is 10.1 Å². The Labute approximate surface area is 252 Å². The molecule has 2 aromatic heterocycles. The molecular weight excluding hydrogens is 565 g/mol. The first-order valence-electron chi connectivity index (χ1n) is 13.7. The number of para-hydroxylation sites is 1. The minimum Gasteiger partial charge on any atom is -0.496 e. The predicted octanol–water partition coefficient (Wildman–Crippen LogP) is 5.57. The molecule has 10 heteroatoms. The van der Waals surface area contributed by atoms with Gasteiger partial charge in [-0.3, -0.25) is 19.5 Å². The maximum absolute atomic E-state index is 14.0. The number of nitrogens with zero attached hydrogens (tertiary/aromatic N) is 4. The summed E-state index contributed by atoms with van der Waals surface area (Å²) in [4.78, 5) is 32.8. The second kappa shape index (κ2) is 12.5. The number of aromatic nitrogens is 3. The molecule has 0 saturated heterocycles. The summed E-state index contributed by atoms with van der Waals surface area (Å²) in [7, 11) is 1.62. The molecular formula is C33H28FN5O3S. The number of thioether (sulfide) groups is 1. The first-order valence-corrected chi connectivity index (χ1v) is 14.7. The number of nitrogens with one attached hydrogen (secondary N) is 1. The fourth-order valence-electron chi connectivity index (χ4n) is 5.12. The first kappa shape index (κ1) is 28.2. The van der Waals surface area contributed by atoms with Gasteiger partial charge in [-0.05, 0) is 42.0 Å². The molecule has 0 saturated carbocycles. The normalized spacial score (nSPS) is 14.6. The van der Waals surface area contributed by atoms with Crippen LogP contribution in [0.5, 0.6) is 5.75 Å². The third-order valence-corrected chi connectivity index (χ3v) is 8.38. The Kier molecular flexibility index (Phi) is 8.19. The van der Waals surface area contributed by atoms with E-state index in [0.717, 1.165) is 22.3 Å². The molecule has 216 valence electrons. The number of ether oxygens (including phenoxy) is 1. The molecule has 1 N–H and O–H groups in total. The average molecular weight is 594 g/mol. The van der Waals surface area contributed by atoms with E-state index in [1.54, 1.807) is 42.4 Å². The third kappa shape index (κ3) is 5.87. The van der Waals surface area contributed by atoms with Crippen LogP contribution in [0.1, 0.15) is 21.9 Å². The zero-order chi connectivity index (χ0) is 29.8. The molecule has 6 rings (SSSR count). The third-order valence-electron chi connectivity index (χ3n) is 7.14. The van der Waals surface area contributed by atoms with Gasteiger partial charge in [0.15, 0.2) is 0 Å². The van der Waals surface area contributed by atoms with Crippen molar-refractivity contribution in [1.29, 1.82) is 0 Å². The quantitative estimate of drug-likeness (QED) is 0.253. The fraction of sp³-hybridized carbons (Fsp3) is 0.152. The summed E-state index contributed by atoms with van der Waals surface area (Å²) in [5.74, 6) is 0.267. The molecule has 0 spiro atoms. The maximum Gasteiger partial charge on any atom is 0.240 e. The highest BCUT2D eigenvalue weighted by Gasteiger charge is 2.38. The fourth-order valence-corrected chi connectivity index (χ4v) is 6.35. The summed E-state index contributed by atoms with van der Waals surface area (Å²) in [5.41, 5.74) is 4.53. The molecule has 43 heavy (non-hydrogen) atoms. The van der Waals surface area contributed by atoms with Gasteiger partial charge in [0.1, 0.15) is 23.9 Å². The van der Waals surface area contributed by atoms with E-state index in [9.17, 15) is 14.0 Å². The van der Waals surface area contributed by atoms with Crippen molar-refractivity contribution in [3.8, 4) is 22.7 Å². The molecule has 0 aliphatic carbocycles. The summed E-state index contributed by atoms with van der Waals surface area (Å²) in [5, 5.41) is 7.57. The zero-order valence-electron chi connectivity index (χ0n) is 23.3. The minimum atomic E-state index is -0.393. The molecule has 8 nitrogen and oxygen atoms in total. The van der Waals surface area contributed by atoms with Gasteiger partial charge in [-0.2, -0.15) is 5.10 Å². The van der Waals surface area contributed by atoms with E-state index < -0.39 is 5.82 Å². The number of amides is 2. The molecule has 0 unspecified atom stereocenters. The number of carbonyl (C=O) groups is 2. The Morgan fingerprint density at radius 3 is 2.53 bits per heavy atom. The Balaban J connectivity index is 1.53. The Morgan fingerprint density at radius 1 is 1.02 bits per heavy atom. The Morgan fingerprint density at radius 2 is 1.79 bits per heavy atom. The van der Waals surface area contributed by atoms with Crippen LogP contribution in [0.3, 0.4) is 0 Å². The second-order valence-electron chi connectivity index (χ2n) is 9.89. The van der Waals surface area contributed by atoms with Gasteiger partial charge in [-0.1, -0.05) is 54.6 Å². The Hall–Kier alpha value is -4.96. The topological polar surface area (TPSA) is 89.3 Å². The zero-order valence-corrected chi connectivity index (χ0v) is 24.1. The van der Waals surface area contributed by atoms with E-state index in [1.807, 2.05) is 60.7 Å². The summed E-state index contributed by atoms with van der Waals surface area (Å²) in [6, 6.07) is 27.0. The molecule has 2 amide bonds. The van der Waals surface area contributed by atoms with Crippen molar-refractivity contribution < 1.29 is 18.7 Å². The van der Waals surface area contributed by atoms with Gasteiger partial charge in [0.2, 0.25) is 11.8 Å². The highest BCUT2D eigenvalue weighted by atomic mass is 32.2. The number of anilines is 1. The lowest BCUT2D eigenvalue weighted by Gasteiger charge is -2.23. The van der Waals surface area contributed by atoms with Gasteiger partial charge in [0, 0.05) is 35.6 Å². The Bertz CT molecular complexity index is 1750. The number of fused-ring (bicyclic) bond motifs is 1. The van der Waals surface area contributed by atoms with Crippen LogP contribution in [0, 0.1) is 5.82 Å². The first-order chi connectivity index (χ1) is 21.0. The van der Waals surface area contributed by atoms with Crippen molar-refractivity contribution in [3.05, 3.63) is 126 Å². The number of methoxy groups -OCH3 is 1. The number of halogens is 1. The van der Waals surface area contributed by atoms with Gasteiger partial charge >= 0.3 is 0 Å². The lowest BCUT2D eigenvalue weighted by Crippen LogP contribution is -2.42. The number of carbonyl (C=O) groups excluding carboxylic acids is 2. The van der Waals surface area contributed by atoms with Crippen LogP contribution in [0.25, 0.3) is 16.9 Å². The lowest BCUT2D eigenvalue weighted by atomic mass is 9.99. The number of hydrogen-bond acceptors (Lipinski definition) is 6. The van der Waals surface area contributed by atoms with Crippen LogP contribution in [-0.2, 0) is 16.1 Å². The van der Waals surface area contributed by atoms with Crippen molar-refractivity contribution in [2.45, 2.75) is 11.8 Å². The molecule has 3 aromatic carbocycles. The average Bonchev–Trinajstić information content (AvgIpc) is 3.37. The molecule has 3 heterocycles. The van der Waals surface area contributed by atoms with E-state index in [0.29, 0.717) is 22.9 Å². The SMILES string of the molecule is COc1ccccc1[C@H]1SCC(=O)N(CC(=O)NCc2cccnc2)c2c1c(-c1ccccc1)nn2-c1ccc(F)cc1. The highest BCUT2D eigenvalue weighted by Crippen LogP contribution is 2.50. The summed E-state index contributed by atoms with van der Waals surface area (Å²) < 4.78 is 21.4. The van der Waals surface area contributed by atoms with Crippen molar-refractivity contribution in [2.75, 3.05) is 24.3 Å². The van der Waals surface area contributed by atoms with E-state index >= 15 is 0 Å². The summed E-state index contributed by atoms with van der Waals surface area (Å²) >= 11 is 1.45. The van der Waals surface area contributed by atoms with Crippen LogP contribution in [-0.4, -0.2) is 46.0 Å². The van der Waals surface area contributed by atoms with E-state index in [1.165, 1.54) is 28.8 Å². The van der Waals surface area contributed by atoms with Gasteiger partial charge in [0.25, 0.3) is 0 Å². The van der Waals surface area contributed by atoms with Crippen molar-refractivity contribution in [2.24, 2.45) is 0 Å². The number of pyridine rings is 1. The summed E-state index contributed by atoms with van der Waals surface area (Å²) in [6.07, 6.45) is 3.35. The minimum absolute atomic E-state index is 0.116. The van der Waals surface area contributed by atoms with Crippen molar-refractivity contribution >= 4 is 29.4 Å². The van der Waals surface area contributed by atoms with Crippen LogP contribution in [0.2, 0.25) is 0 Å². The number of rotatable bonds is 8. The highest BCUT2D eigenvalue weighted by molar-refractivity contribution is 8.00. The predicted molar refractivity (Wildman–Crippen MR) is 165 cm³/mol. The standard InChI is InChI=1S/C33H28FN5O3S/c1-42-27-12-6-5-11-26(27)32-30-31(23-9-3-2-4-10-23)37-39(25-15-13-24(34)14-16-25)33(30)38(29(41)21-43-32)20-28(40)36-19-22-8-7-17-35-18-22/h2-18,32H,19-21H2,1H3,(H,36,40)/t32-/m1/s1. The number of hydrogen-bond donors (Lipinski definition) is 1. The van der Waals surface area contributed by atoms with Crippen LogP contribution < -0.4 is 15.0 Å². The molecule has 0 fully saturated rings. The smallest absolute Gasteiger partial charge is 0.240 e. The molecule has 1 aliphatic rings. The lowest BCUT2D eigenvalue weighted by molar-refractivity contribution is -0.123. The van der Waals surface area contributed by atoms with E-state index in [2.05, 4.69) is 10.3 Å². The van der Waals surface area contributed by atoms with Gasteiger partial charge in [0.05, 0.1) is 29.5 Å². The second-order valence-corrected chi connectivity index (χ2v) is 11.0. The monoisotopic (exact) mass is 593 g/mol. The van der Waals surface area contributed by atoms with Crippen LogP contribution in [0.15, 0.2) is 103 Å². The maximum atomic E-state index is 14.0.